The monoisotopic (exact) mass is 546 g/mol. The van der Waals surface area contributed by atoms with Gasteiger partial charge in [-0.05, 0) is 38.2 Å². The highest BCUT2D eigenvalue weighted by Crippen LogP contribution is 2.29. The Labute approximate surface area is 228 Å². The third-order valence-electron chi connectivity index (χ3n) is 6.86. The number of aliphatic hydroxyl groups is 1. The molecular formula is C28H38N2O9. The minimum absolute atomic E-state index is 0.0761. The number of fused-ring (bicyclic) bond motifs is 2. The summed E-state index contributed by atoms with van der Waals surface area (Å²) < 4.78 is 16.3. The average Bonchev–Trinajstić information content (AvgIpc) is 2.90. The maximum absolute atomic E-state index is 13.3. The number of ether oxygens (including phenoxy) is 3. The SMILES string of the molecule is COC1=C2C[C@@H](C)C[C@H](OC)[C@H](O)[C@@H](C)/C=C(\C)[C@H](ON=O)[C@@H](OC)/C=C\C=C(/C)C(=O)NC(=CC1=O)C2=O. The Morgan fingerprint density at radius 2 is 1.77 bits per heavy atom. The Morgan fingerprint density at radius 1 is 1.08 bits per heavy atom. The van der Waals surface area contributed by atoms with Crippen molar-refractivity contribution in [1.82, 2.24) is 5.32 Å². The second-order valence-corrected chi connectivity index (χ2v) is 9.83. The van der Waals surface area contributed by atoms with Crippen LogP contribution in [-0.4, -0.2) is 68.3 Å². The molecule has 2 bridgehead atoms. The third kappa shape index (κ3) is 8.04. The number of Topliss-reactive ketones (excluding diaryl/α,β-unsaturated/α-hetero) is 1. The first-order valence-electron chi connectivity index (χ1n) is 12.6. The molecule has 0 radical (unpaired) electrons. The van der Waals surface area contributed by atoms with E-state index in [0.717, 1.165) is 6.08 Å². The molecule has 2 N–H and O–H groups in total. The minimum atomic E-state index is -0.948. The largest absolute Gasteiger partial charge is 0.492 e. The molecule has 1 amide bonds. The quantitative estimate of drug-likeness (QED) is 0.230. The third-order valence-corrected chi connectivity index (χ3v) is 6.86. The number of carbonyl (C=O) groups is 3. The predicted octanol–water partition coefficient (Wildman–Crippen LogP) is 3.01. The fourth-order valence-electron chi connectivity index (χ4n) is 4.69. The van der Waals surface area contributed by atoms with Crippen molar-refractivity contribution >= 4 is 17.5 Å². The van der Waals surface area contributed by atoms with Crippen molar-refractivity contribution in [2.24, 2.45) is 17.2 Å². The Hall–Kier alpha value is -3.41. The van der Waals surface area contributed by atoms with Gasteiger partial charge in [0.2, 0.25) is 11.6 Å². The molecule has 39 heavy (non-hydrogen) atoms. The molecule has 11 nitrogen and oxygen atoms in total. The number of nitrogens with one attached hydrogen (secondary N) is 1. The van der Waals surface area contributed by atoms with Crippen LogP contribution in [0.25, 0.3) is 0 Å². The molecule has 214 valence electrons. The van der Waals surface area contributed by atoms with E-state index in [1.54, 1.807) is 39.0 Å². The number of ketones is 2. The van der Waals surface area contributed by atoms with Crippen LogP contribution in [0.5, 0.6) is 0 Å². The van der Waals surface area contributed by atoms with E-state index in [4.69, 9.17) is 19.0 Å². The summed E-state index contributed by atoms with van der Waals surface area (Å²) in [5.41, 5.74) is 0.829. The zero-order valence-electron chi connectivity index (χ0n) is 23.4. The first-order valence-corrected chi connectivity index (χ1v) is 12.6. The van der Waals surface area contributed by atoms with E-state index in [2.05, 4.69) is 10.7 Å². The van der Waals surface area contributed by atoms with Crippen LogP contribution in [-0.2, 0) is 33.4 Å². The van der Waals surface area contributed by atoms with Crippen molar-refractivity contribution in [3.8, 4) is 0 Å². The standard InChI is InChI=1S/C28H38N2O9/c1-15-11-19-25(33)20(14-21(31)27(19)38-7)29-28(34)16(2)9-8-10-22(36-5)26(39-30-35)18(4)13-17(3)24(32)23(12-15)37-6/h8-10,13-15,17,22-24,26,32H,11-12H2,1-7H3,(H,29,34)/b10-8-,16-9+,18-13+/t15-,17+,22+,23+,24-,26+/m1/s1. The number of methoxy groups -OCH3 is 3. The van der Waals surface area contributed by atoms with Gasteiger partial charge in [0, 0.05) is 37.4 Å². The van der Waals surface area contributed by atoms with Crippen LogP contribution in [0.1, 0.15) is 40.5 Å². The summed E-state index contributed by atoms with van der Waals surface area (Å²) in [7, 11) is 4.22. The fourth-order valence-corrected chi connectivity index (χ4v) is 4.69. The summed E-state index contributed by atoms with van der Waals surface area (Å²) >= 11 is 0. The number of hydrogen-bond acceptors (Lipinski definition) is 10. The second-order valence-electron chi connectivity index (χ2n) is 9.83. The van der Waals surface area contributed by atoms with Gasteiger partial charge in [0.15, 0.2) is 17.2 Å². The average molecular weight is 547 g/mol. The zero-order valence-corrected chi connectivity index (χ0v) is 23.4. The summed E-state index contributed by atoms with van der Waals surface area (Å²) in [6.07, 6.45) is 4.71. The molecule has 1 heterocycles. The maximum atomic E-state index is 13.3. The highest BCUT2D eigenvalue weighted by Gasteiger charge is 2.34. The van der Waals surface area contributed by atoms with Gasteiger partial charge in [-0.2, -0.15) is 0 Å². The van der Waals surface area contributed by atoms with Gasteiger partial charge >= 0.3 is 0 Å². The van der Waals surface area contributed by atoms with Crippen molar-refractivity contribution in [3.05, 3.63) is 63.5 Å². The minimum Gasteiger partial charge on any atom is -0.492 e. The van der Waals surface area contributed by atoms with Gasteiger partial charge in [0.25, 0.3) is 5.91 Å². The molecule has 1 aliphatic carbocycles. The van der Waals surface area contributed by atoms with Crippen molar-refractivity contribution < 1.29 is 38.5 Å². The van der Waals surface area contributed by atoms with E-state index < -0.39 is 47.8 Å². The lowest BCUT2D eigenvalue weighted by atomic mass is 9.85. The lowest BCUT2D eigenvalue weighted by Crippen LogP contribution is -2.36. The molecule has 1 aliphatic heterocycles. The first-order chi connectivity index (χ1) is 18.5. The van der Waals surface area contributed by atoms with Crippen LogP contribution in [0.4, 0.5) is 0 Å². The number of allylic oxidation sites excluding steroid dienone is 4. The summed E-state index contributed by atoms with van der Waals surface area (Å²) in [6.45, 7) is 6.93. The molecule has 0 aromatic heterocycles. The molecule has 6 atom stereocenters. The van der Waals surface area contributed by atoms with Gasteiger partial charge in [-0.15, -0.1) is 4.91 Å². The van der Waals surface area contributed by atoms with E-state index in [1.807, 2.05) is 6.92 Å². The van der Waals surface area contributed by atoms with E-state index >= 15 is 0 Å². The van der Waals surface area contributed by atoms with Crippen LogP contribution in [0.15, 0.2) is 63.9 Å². The molecule has 0 aromatic carbocycles. The first kappa shape index (κ1) is 31.8. The van der Waals surface area contributed by atoms with E-state index in [9.17, 15) is 24.4 Å². The van der Waals surface area contributed by atoms with Gasteiger partial charge in [-0.1, -0.05) is 38.2 Å². The highest BCUT2D eigenvalue weighted by molar-refractivity contribution is 6.23. The summed E-state index contributed by atoms with van der Waals surface area (Å²) in [5, 5.41) is 16.2. The van der Waals surface area contributed by atoms with Crippen LogP contribution in [0, 0.1) is 16.7 Å². The fraction of sp³-hybridized carbons (Fsp3) is 0.536. The van der Waals surface area contributed by atoms with Crippen molar-refractivity contribution in [1.29, 1.82) is 0 Å². The molecule has 0 saturated heterocycles. The van der Waals surface area contributed by atoms with Crippen molar-refractivity contribution in [2.45, 2.75) is 65.0 Å². The van der Waals surface area contributed by atoms with Crippen LogP contribution in [0.3, 0.4) is 0 Å². The Bertz CT molecular complexity index is 1100. The van der Waals surface area contributed by atoms with Crippen LogP contribution in [0.2, 0.25) is 0 Å². The number of rotatable bonds is 5. The normalized spacial score (nSPS) is 33.2. The van der Waals surface area contributed by atoms with Gasteiger partial charge in [-0.25, -0.2) is 0 Å². The number of carbonyl (C=O) groups excluding carboxylic acids is 3. The lowest BCUT2D eigenvalue weighted by molar-refractivity contribution is -0.120. The van der Waals surface area contributed by atoms with Gasteiger partial charge < -0.3 is 29.5 Å². The number of hydrogen-bond donors (Lipinski definition) is 2. The van der Waals surface area contributed by atoms with Crippen molar-refractivity contribution in [3.63, 3.8) is 0 Å². The van der Waals surface area contributed by atoms with Crippen LogP contribution < -0.4 is 5.32 Å². The van der Waals surface area contributed by atoms with E-state index in [1.165, 1.54) is 27.4 Å². The van der Waals surface area contributed by atoms with Gasteiger partial charge in [0.1, 0.15) is 6.10 Å². The molecular weight excluding hydrogens is 508 g/mol. The van der Waals surface area contributed by atoms with E-state index in [-0.39, 0.29) is 34.9 Å². The number of nitrogens with zero attached hydrogens (tertiary/aromatic N) is 1. The molecule has 0 fully saturated rings. The van der Waals surface area contributed by atoms with Crippen molar-refractivity contribution in [2.75, 3.05) is 21.3 Å². The van der Waals surface area contributed by atoms with Gasteiger partial charge in [0.05, 0.1) is 25.0 Å². The molecule has 0 saturated carbocycles. The number of aliphatic hydroxyl groups excluding tert-OH is 1. The Kier molecular flexibility index (Phi) is 12.0. The summed E-state index contributed by atoms with van der Waals surface area (Å²) in [6, 6.07) is 0. The van der Waals surface area contributed by atoms with Crippen LogP contribution >= 0.6 is 0 Å². The molecule has 11 heteroatoms. The molecule has 0 aromatic rings. The predicted molar refractivity (Wildman–Crippen MR) is 143 cm³/mol. The maximum Gasteiger partial charge on any atom is 0.251 e. The van der Waals surface area contributed by atoms with Gasteiger partial charge in [-0.3, -0.25) is 14.4 Å². The Morgan fingerprint density at radius 3 is 2.36 bits per heavy atom. The summed E-state index contributed by atoms with van der Waals surface area (Å²) in [5.74, 6) is -2.34. The highest BCUT2D eigenvalue weighted by atomic mass is 16.7. The smallest absolute Gasteiger partial charge is 0.251 e. The topological polar surface area (TPSA) is 150 Å². The number of amides is 1. The molecule has 2 aliphatic rings. The molecule has 2 rings (SSSR count). The molecule has 0 spiro atoms. The zero-order chi connectivity index (χ0) is 29.3. The Balaban J connectivity index is 2.58. The summed E-state index contributed by atoms with van der Waals surface area (Å²) in [4.78, 5) is 54.9. The van der Waals surface area contributed by atoms with E-state index in [0.29, 0.717) is 12.0 Å². The molecule has 0 unspecified atom stereocenters. The lowest BCUT2D eigenvalue weighted by Gasteiger charge is -2.29. The second kappa shape index (κ2) is 14.7.